The SMILES string of the molecule is CCc1noc(C)c1C(=O)Nc1nc(-c2ccc(OC)cc2)c(C)s1. The third-order valence-electron chi connectivity index (χ3n) is 3.88. The molecule has 0 aliphatic carbocycles. The molecule has 0 unspecified atom stereocenters. The van der Waals surface area contributed by atoms with Crippen molar-refractivity contribution in [3.63, 3.8) is 0 Å². The van der Waals surface area contributed by atoms with Crippen molar-refractivity contribution in [1.82, 2.24) is 10.1 Å². The number of carbonyl (C=O) groups excluding carboxylic acids is 1. The minimum Gasteiger partial charge on any atom is -0.497 e. The first kappa shape index (κ1) is 17.2. The molecule has 0 radical (unpaired) electrons. The van der Waals surface area contributed by atoms with E-state index in [0.717, 1.165) is 21.9 Å². The first-order valence-corrected chi connectivity index (χ1v) is 8.73. The monoisotopic (exact) mass is 357 g/mol. The van der Waals surface area contributed by atoms with Crippen molar-refractivity contribution in [2.45, 2.75) is 27.2 Å². The van der Waals surface area contributed by atoms with Gasteiger partial charge in [-0.2, -0.15) is 0 Å². The number of nitrogens with zero attached hydrogens (tertiary/aromatic N) is 2. The standard InChI is InChI=1S/C18H19N3O3S/c1-5-14-15(10(2)24-21-14)17(22)20-18-19-16(11(3)25-18)12-6-8-13(23-4)9-7-12/h6-9H,5H2,1-4H3,(H,19,20,22). The van der Waals surface area contributed by atoms with Crippen LogP contribution in [0.1, 0.15) is 33.6 Å². The molecule has 3 aromatic rings. The predicted octanol–water partition coefficient (Wildman–Crippen LogP) is 4.24. The lowest BCUT2D eigenvalue weighted by atomic mass is 10.1. The van der Waals surface area contributed by atoms with Gasteiger partial charge in [0.15, 0.2) is 5.13 Å². The van der Waals surface area contributed by atoms with Gasteiger partial charge in [-0.15, -0.1) is 11.3 Å². The Labute approximate surface area is 149 Å². The number of anilines is 1. The van der Waals surface area contributed by atoms with E-state index in [1.54, 1.807) is 14.0 Å². The number of amides is 1. The fraction of sp³-hybridized carbons (Fsp3) is 0.278. The predicted molar refractivity (Wildman–Crippen MR) is 97.4 cm³/mol. The lowest BCUT2D eigenvalue weighted by molar-refractivity contribution is 0.102. The van der Waals surface area contributed by atoms with Crippen molar-refractivity contribution in [1.29, 1.82) is 0 Å². The zero-order valence-corrected chi connectivity index (χ0v) is 15.4. The lowest BCUT2D eigenvalue weighted by Crippen LogP contribution is -2.14. The van der Waals surface area contributed by atoms with E-state index in [1.165, 1.54) is 11.3 Å². The van der Waals surface area contributed by atoms with Gasteiger partial charge in [-0.25, -0.2) is 4.98 Å². The molecule has 25 heavy (non-hydrogen) atoms. The maximum atomic E-state index is 12.6. The second-order valence-corrected chi connectivity index (χ2v) is 6.72. The Bertz CT molecular complexity index is 897. The van der Waals surface area contributed by atoms with Crippen LogP contribution in [0.3, 0.4) is 0 Å². The normalized spacial score (nSPS) is 10.7. The summed E-state index contributed by atoms with van der Waals surface area (Å²) in [7, 11) is 1.63. The Kier molecular flexibility index (Phi) is 4.85. The van der Waals surface area contributed by atoms with Gasteiger partial charge in [0.05, 0.1) is 18.5 Å². The summed E-state index contributed by atoms with van der Waals surface area (Å²) in [6.45, 7) is 5.65. The van der Waals surface area contributed by atoms with Gasteiger partial charge in [-0.05, 0) is 44.5 Å². The summed E-state index contributed by atoms with van der Waals surface area (Å²) in [5.41, 5.74) is 2.96. The zero-order valence-electron chi connectivity index (χ0n) is 14.5. The van der Waals surface area contributed by atoms with Crippen LogP contribution < -0.4 is 10.1 Å². The molecule has 3 rings (SSSR count). The maximum Gasteiger partial charge on any atom is 0.262 e. The largest absolute Gasteiger partial charge is 0.497 e. The van der Waals surface area contributed by atoms with Gasteiger partial charge in [0, 0.05) is 10.4 Å². The zero-order chi connectivity index (χ0) is 18.0. The third-order valence-corrected chi connectivity index (χ3v) is 4.76. The topological polar surface area (TPSA) is 77.3 Å². The summed E-state index contributed by atoms with van der Waals surface area (Å²) in [4.78, 5) is 18.1. The van der Waals surface area contributed by atoms with Gasteiger partial charge >= 0.3 is 0 Å². The molecule has 1 aromatic carbocycles. The fourth-order valence-corrected chi connectivity index (χ4v) is 3.41. The van der Waals surface area contributed by atoms with Crippen LogP contribution in [0.25, 0.3) is 11.3 Å². The summed E-state index contributed by atoms with van der Waals surface area (Å²) in [5, 5.41) is 7.33. The molecule has 2 heterocycles. The molecular formula is C18H19N3O3S. The quantitative estimate of drug-likeness (QED) is 0.739. The number of thiazole rings is 1. The number of carbonyl (C=O) groups is 1. The Morgan fingerprint density at radius 1 is 1.28 bits per heavy atom. The molecule has 0 bridgehead atoms. The number of methoxy groups -OCH3 is 1. The highest BCUT2D eigenvalue weighted by molar-refractivity contribution is 7.16. The van der Waals surface area contributed by atoms with E-state index in [4.69, 9.17) is 9.26 Å². The smallest absolute Gasteiger partial charge is 0.262 e. The fourth-order valence-electron chi connectivity index (χ4n) is 2.58. The molecule has 1 amide bonds. The summed E-state index contributed by atoms with van der Waals surface area (Å²) in [5.74, 6) is 1.06. The molecule has 0 saturated heterocycles. The van der Waals surface area contributed by atoms with Gasteiger partial charge in [0.1, 0.15) is 17.1 Å². The van der Waals surface area contributed by atoms with E-state index < -0.39 is 0 Å². The average Bonchev–Trinajstić information content (AvgIpc) is 3.17. The minimum absolute atomic E-state index is 0.245. The average molecular weight is 357 g/mol. The van der Waals surface area contributed by atoms with Crippen molar-refractivity contribution in [3.8, 4) is 17.0 Å². The van der Waals surface area contributed by atoms with Gasteiger partial charge < -0.3 is 9.26 Å². The second kappa shape index (κ2) is 7.06. The second-order valence-electron chi connectivity index (χ2n) is 5.52. The van der Waals surface area contributed by atoms with Crippen LogP contribution >= 0.6 is 11.3 Å². The van der Waals surface area contributed by atoms with Crippen LogP contribution in [-0.2, 0) is 6.42 Å². The molecule has 1 N–H and O–H groups in total. The molecule has 0 fully saturated rings. The van der Waals surface area contributed by atoms with Gasteiger partial charge in [-0.1, -0.05) is 12.1 Å². The van der Waals surface area contributed by atoms with E-state index in [2.05, 4.69) is 15.5 Å². The van der Waals surface area contributed by atoms with E-state index in [9.17, 15) is 4.79 Å². The summed E-state index contributed by atoms with van der Waals surface area (Å²) in [6, 6.07) is 7.68. The van der Waals surface area contributed by atoms with Crippen LogP contribution in [0.4, 0.5) is 5.13 Å². The minimum atomic E-state index is -0.245. The van der Waals surface area contributed by atoms with E-state index in [-0.39, 0.29) is 5.91 Å². The number of benzene rings is 1. The van der Waals surface area contributed by atoms with Crippen molar-refractivity contribution < 1.29 is 14.1 Å². The van der Waals surface area contributed by atoms with Crippen LogP contribution in [0, 0.1) is 13.8 Å². The Morgan fingerprint density at radius 2 is 2.00 bits per heavy atom. The summed E-state index contributed by atoms with van der Waals surface area (Å²) >= 11 is 1.44. The number of hydrogen-bond donors (Lipinski definition) is 1. The van der Waals surface area contributed by atoms with E-state index in [1.807, 2.05) is 38.1 Å². The first-order chi connectivity index (χ1) is 12.0. The van der Waals surface area contributed by atoms with E-state index >= 15 is 0 Å². The molecule has 6 nitrogen and oxygen atoms in total. The molecule has 0 atom stereocenters. The lowest BCUT2D eigenvalue weighted by Gasteiger charge is -2.02. The van der Waals surface area contributed by atoms with Crippen LogP contribution in [-0.4, -0.2) is 23.2 Å². The highest BCUT2D eigenvalue weighted by Gasteiger charge is 2.21. The highest BCUT2D eigenvalue weighted by Crippen LogP contribution is 2.31. The van der Waals surface area contributed by atoms with E-state index in [0.29, 0.717) is 28.6 Å². The molecule has 7 heteroatoms. The number of rotatable bonds is 5. The van der Waals surface area contributed by atoms with Crippen LogP contribution in [0.5, 0.6) is 5.75 Å². The maximum absolute atomic E-state index is 12.6. The molecule has 0 aliphatic rings. The molecule has 0 spiro atoms. The summed E-state index contributed by atoms with van der Waals surface area (Å²) < 4.78 is 10.3. The Hall–Kier alpha value is -2.67. The van der Waals surface area contributed by atoms with Gasteiger partial charge in [0.25, 0.3) is 5.91 Å². The Morgan fingerprint density at radius 3 is 2.64 bits per heavy atom. The summed E-state index contributed by atoms with van der Waals surface area (Å²) in [6.07, 6.45) is 0.633. The molecule has 2 aromatic heterocycles. The number of hydrogen-bond acceptors (Lipinski definition) is 6. The van der Waals surface area contributed by atoms with Crippen LogP contribution in [0.15, 0.2) is 28.8 Å². The van der Waals surface area contributed by atoms with Crippen molar-refractivity contribution in [2.24, 2.45) is 0 Å². The number of nitrogens with one attached hydrogen (secondary N) is 1. The molecule has 0 saturated carbocycles. The van der Waals surface area contributed by atoms with Gasteiger partial charge in [-0.3, -0.25) is 10.1 Å². The number of aryl methyl sites for hydroxylation is 3. The first-order valence-electron chi connectivity index (χ1n) is 7.91. The van der Waals surface area contributed by atoms with Crippen molar-refractivity contribution >= 4 is 22.4 Å². The molecule has 130 valence electrons. The van der Waals surface area contributed by atoms with Crippen molar-refractivity contribution in [2.75, 3.05) is 12.4 Å². The number of aromatic nitrogens is 2. The number of ether oxygens (including phenoxy) is 1. The molecular weight excluding hydrogens is 338 g/mol. The van der Waals surface area contributed by atoms with Crippen molar-refractivity contribution in [3.05, 3.63) is 46.2 Å². The highest BCUT2D eigenvalue weighted by atomic mass is 32.1. The van der Waals surface area contributed by atoms with Crippen LogP contribution in [0.2, 0.25) is 0 Å². The molecule has 0 aliphatic heterocycles. The third kappa shape index (κ3) is 3.41. The Balaban J connectivity index is 1.84. The van der Waals surface area contributed by atoms with Gasteiger partial charge in [0.2, 0.25) is 0 Å².